The summed E-state index contributed by atoms with van der Waals surface area (Å²) >= 11 is 0. The van der Waals surface area contributed by atoms with Crippen LogP contribution in [0.5, 0.6) is 0 Å². The molecular weight excluding hydrogens is 474 g/mol. The molecule has 5 rings (SSSR count). The van der Waals surface area contributed by atoms with Crippen LogP contribution in [0, 0.1) is 5.92 Å². The molecule has 3 aromatic carbocycles. The minimum absolute atomic E-state index is 0. The number of likely N-dealkylation sites (tertiary alicyclic amines) is 1. The van der Waals surface area contributed by atoms with Gasteiger partial charge in [0.15, 0.2) is 0 Å². The maximum absolute atomic E-state index is 13.0. The molecule has 6 nitrogen and oxygen atoms in total. The van der Waals surface area contributed by atoms with Crippen molar-refractivity contribution in [1.29, 1.82) is 0 Å². The molecule has 3 amide bonds. The van der Waals surface area contributed by atoms with Gasteiger partial charge >= 0.3 is 0 Å². The van der Waals surface area contributed by atoms with E-state index in [9.17, 15) is 14.4 Å². The maximum Gasteiger partial charge on any atom is 0.261 e. The molecule has 3 aromatic rings. The molecule has 0 aromatic heterocycles. The molecule has 0 atom stereocenters. The number of amides is 3. The first-order valence-electron chi connectivity index (χ1n) is 12.2. The zero-order chi connectivity index (χ0) is 24.2. The lowest BCUT2D eigenvalue weighted by molar-refractivity contribution is 0.0635. The number of imide groups is 1. The van der Waals surface area contributed by atoms with Gasteiger partial charge in [-0.05, 0) is 74.2 Å². The number of rotatable bonds is 7. The smallest absolute Gasteiger partial charge is 0.261 e. The summed E-state index contributed by atoms with van der Waals surface area (Å²) in [7, 11) is 0. The lowest BCUT2D eigenvalue weighted by Gasteiger charge is -2.32. The minimum atomic E-state index is -0.276. The van der Waals surface area contributed by atoms with Gasteiger partial charge in [-0.1, -0.05) is 48.5 Å². The highest BCUT2D eigenvalue weighted by Gasteiger charge is 2.36. The number of benzene rings is 3. The van der Waals surface area contributed by atoms with Gasteiger partial charge in [0.2, 0.25) is 0 Å². The second kappa shape index (κ2) is 11.5. The predicted octanol–water partition coefficient (Wildman–Crippen LogP) is 5.26. The van der Waals surface area contributed by atoms with Crippen molar-refractivity contribution in [3.05, 3.63) is 101 Å². The Morgan fingerprint density at radius 1 is 0.833 bits per heavy atom. The molecule has 1 fully saturated rings. The van der Waals surface area contributed by atoms with E-state index in [1.807, 2.05) is 12.1 Å². The van der Waals surface area contributed by atoms with Crippen LogP contribution >= 0.6 is 12.4 Å². The number of fused-ring (bicyclic) bond motifs is 1. The highest BCUT2D eigenvalue weighted by atomic mass is 35.5. The van der Waals surface area contributed by atoms with E-state index in [2.05, 4.69) is 34.5 Å². The van der Waals surface area contributed by atoms with Gasteiger partial charge in [-0.3, -0.25) is 24.2 Å². The molecule has 2 heterocycles. The van der Waals surface area contributed by atoms with Crippen molar-refractivity contribution in [3.63, 3.8) is 0 Å². The topological polar surface area (TPSA) is 69.7 Å². The number of nitrogens with one attached hydrogen (secondary N) is 1. The molecule has 2 aliphatic rings. The summed E-state index contributed by atoms with van der Waals surface area (Å²) in [4.78, 5) is 42.2. The SMILES string of the molecule is Cl.O=C(Nc1ccc2c(c1)C(=O)N(CCC1CCN(Cc3ccccc3)CC1)C2=O)c1ccccc1. The third-order valence-corrected chi connectivity index (χ3v) is 6.98. The van der Waals surface area contributed by atoms with Crippen molar-refractivity contribution in [1.82, 2.24) is 9.80 Å². The number of piperidine rings is 1. The lowest BCUT2D eigenvalue weighted by atomic mass is 9.93. The zero-order valence-electron chi connectivity index (χ0n) is 20.1. The van der Waals surface area contributed by atoms with Gasteiger partial charge in [0.25, 0.3) is 17.7 Å². The molecule has 2 aliphatic heterocycles. The van der Waals surface area contributed by atoms with Crippen LogP contribution in [0.2, 0.25) is 0 Å². The van der Waals surface area contributed by atoms with E-state index < -0.39 is 0 Å². The first-order chi connectivity index (χ1) is 17.1. The molecule has 0 saturated carbocycles. The van der Waals surface area contributed by atoms with Crippen molar-refractivity contribution in [2.45, 2.75) is 25.8 Å². The number of carbonyl (C=O) groups excluding carboxylic acids is 3. The van der Waals surface area contributed by atoms with Crippen molar-refractivity contribution in [2.75, 3.05) is 25.0 Å². The first-order valence-corrected chi connectivity index (χ1v) is 12.2. The Bertz CT molecular complexity index is 1230. The number of halogens is 1. The van der Waals surface area contributed by atoms with Crippen LogP contribution in [0.1, 0.15) is 55.9 Å². The van der Waals surface area contributed by atoms with Crippen LogP contribution in [0.15, 0.2) is 78.9 Å². The number of carbonyl (C=O) groups is 3. The number of hydrogen-bond donors (Lipinski definition) is 1. The standard InChI is InChI=1S/C29H29N3O3.ClH/c33-27(23-9-5-2-6-10-23)30-24-11-12-25-26(19-24)29(35)32(28(25)34)18-15-21-13-16-31(17-14-21)20-22-7-3-1-4-8-22;/h1-12,19,21H,13-18,20H2,(H,30,33);1H. The Morgan fingerprint density at radius 2 is 1.47 bits per heavy atom. The van der Waals surface area contributed by atoms with Gasteiger partial charge in [0.1, 0.15) is 0 Å². The van der Waals surface area contributed by atoms with Gasteiger partial charge in [0.05, 0.1) is 11.1 Å². The summed E-state index contributed by atoms with van der Waals surface area (Å²) in [5, 5.41) is 2.82. The molecule has 0 spiro atoms. The molecule has 0 unspecified atom stereocenters. The highest BCUT2D eigenvalue weighted by molar-refractivity contribution is 6.22. The Kier molecular flexibility index (Phi) is 8.18. The predicted molar refractivity (Wildman–Crippen MR) is 143 cm³/mol. The largest absolute Gasteiger partial charge is 0.322 e. The van der Waals surface area contributed by atoms with Crippen molar-refractivity contribution in [3.8, 4) is 0 Å². The first kappa shape index (κ1) is 25.6. The fourth-order valence-corrected chi connectivity index (χ4v) is 4.95. The molecular formula is C29H30ClN3O3. The van der Waals surface area contributed by atoms with Crippen LogP contribution in [0.4, 0.5) is 5.69 Å². The van der Waals surface area contributed by atoms with E-state index in [0.29, 0.717) is 34.8 Å². The quantitative estimate of drug-likeness (QED) is 0.446. The second-order valence-corrected chi connectivity index (χ2v) is 9.34. The zero-order valence-corrected chi connectivity index (χ0v) is 20.9. The van der Waals surface area contributed by atoms with Crippen LogP contribution in [0.3, 0.4) is 0 Å². The minimum Gasteiger partial charge on any atom is -0.322 e. The van der Waals surface area contributed by atoms with E-state index in [1.54, 1.807) is 42.5 Å². The number of nitrogens with zero attached hydrogens (tertiary/aromatic N) is 2. The average Bonchev–Trinajstić information content (AvgIpc) is 3.13. The van der Waals surface area contributed by atoms with Crippen molar-refractivity contribution in [2.24, 2.45) is 5.92 Å². The van der Waals surface area contributed by atoms with Gasteiger partial charge in [-0.25, -0.2) is 0 Å². The molecule has 0 radical (unpaired) electrons. The maximum atomic E-state index is 13.0. The fourth-order valence-electron chi connectivity index (χ4n) is 4.95. The summed E-state index contributed by atoms with van der Waals surface area (Å²) in [6.07, 6.45) is 2.97. The van der Waals surface area contributed by atoms with E-state index in [0.717, 1.165) is 38.9 Å². The summed E-state index contributed by atoms with van der Waals surface area (Å²) in [6.45, 7) is 3.47. The third-order valence-electron chi connectivity index (χ3n) is 6.98. The molecule has 1 saturated heterocycles. The highest BCUT2D eigenvalue weighted by Crippen LogP contribution is 2.28. The van der Waals surface area contributed by atoms with E-state index in [4.69, 9.17) is 0 Å². The van der Waals surface area contributed by atoms with Crippen molar-refractivity contribution < 1.29 is 14.4 Å². The average molecular weight is 504 g/mol. The third kappa shape index (κ3) is 5.66. The molecule has 7 heteroatoms. The van der Waals surface area contributed by atoms with Gasteiger partial charge in [0, 0.05) is 24.3 Å². The Morgan fingerprint density at radius 3 is 2.17 bits per heavy atom. The summed E-state index contributed by atoms with van der Waals surface area (Å²) in [6, 6.07) is 24.3. The number of hydrogen-bond acceptors (Lipinski definition) is 4. The van der Waals surface area contributed by atoms with E-state index in [-0.39, 0.29) is 30.1 Å². The lowest BCUT2D eigenvalue weighted by Crippen LogP contribution is -2.36. The van der Waals surface area contributed by atoms with Gasteiger partial charge in [-0.2, -0.15) is 0 Å². The number of anilines is 1. The Hall–Kier alpha value is -3.48. The molecule has 0 aliphatic carbocycles. The van der Waals surface area contributed by atoms with Crippen LogP contribution in [-0.2, 0) is 6.54 Å². The fraction of sp³-hybridized carbons (Fsp3) is 0.276. The second-order valence-electron chi connectivity index (χ2n) is 9.34. The summed E-state index contributed by atoms with van der Waals surface area (Å²) < 4.78 is 0. The monoisotopic (exact) mass is 503 g/mol. The summed E-state index contributed by atoms with van der Waals surface area (Å²) in [5.41, 5.74) is 3.14. The summed E-state index contributed by atoms with van der Waals surface area (Å²) in [5.74, 6) is -0.264. The molecule has 186 valence electrons. The Labute approximate surface area is 217 Å². The van der Waals surface area contributed by atoms with Crippen molar-refractivity contribution >= 4 is 35.8 Å². The van der Waals surface area contributed by atoms with Crippen LogP contribution in [-0.4, -0.2) is 47.2 Å². The van der Waals surface area contributed by atoms with Crippen LogP contribution < -0.4 is 5.32 Å². The molecule has 36 heavy (non-hydrogen) atoms. The van der Waals surface area contributed by atoms with E-state index >= 15 is 0 Å². The molecule has 0 bridgehead atoms. The van der Waals surface area contributed by atoms with Crippen LogP contribution in [0.25, 0.3) is 0 Å². The van der Waals surface area contributed by atoms with Gasteiger partial charge < -0.3 is 5.32 Å². The molecule has 1 N–H and O–H groups in total. The Balaban J connectivity index is 0.00000304. The normalized spacial score (nSPS) is 15.9. The van der Waals surface area contributed by atoms with Gasteiger partial charge in [-0.15, -0.1) is 12.4 Å². The van der Waals surface area contributed by atoms with E-state index in [1.165, 1.54) is 10.5 Å².